The van der Waals surface area contributed by atoms with Crippen LogP contribution < -0.4 is 0 Å². The van der Waals surface area contributed by atoms with Crippen LogP contribution in [-0.2, 0) is 26.3 Å². The van der Waals surface area contributed by atoms with Crippen LogP contribution in [0, 0.1) is 5.82 Å². The first-order valence-corrected chi connectivity index (χ1v) is 10.8. The van der Waals surface area contributed by atoms with Gasteiger partial charge < -0.3 is 9.64 Å². The van der Waals surface area contributed by atoms with Crippen LogP contribution in [0.3, 0.4) is 0 Å². The number of carbonyl (C=O) groups is 2. The maximum Gasteiger partial charge on any atom is 0.336 e. The van der Waals surface area contributed by atoms with E-state index < -0.39 is 11.9 Å². The van der Waals surface area contributed by atoms with Crippen molar-refractivity contribution in [3.8, 4) is 0 Å². The molecular weight excluding hydrogens is 405 g/mol. The predicted octanol–water partition coefficient (Wildman–Crippen LogP) is 5.64. The number of benzene rings is 2. The number of hydrogen-bond acceptors (Lipinski definition) is 3. The first kappa shape index (κ1) is 23.5. The van der Waals surface area contributed by atoms with E-state index in [-0.39, 0.29) is 36.7 Å². The molecule has 1 amide bonds. The number of esters is 1. The summed E-state index contributed by atoms with van der Waals surface area (Å²) in [5, 5.41) is 0. The summed E-state index contributed by atoms with van der Waals surface area (Å²) in [6.07, 6.45) is 1.62. The number of hydrogen-bond donors (Lipinski definition) is 0. The Morgan fingerprint density at radius 1 is 1.19 bits per heavy atom. The molecule has 0 aromatic heterocycles. The number of ether oxygens (including phenoxy) is 1. The van der Waals surface area contributed by atoms with Crippen molar-refractivity contribution in [3.63, 3.8) is 0 Å². The minimum absolute atomic E-state index is 0.00501. The molecule has 2 aromatic rings. The van der Waals surface area contributed by atoms with Gasteiger partial charge in [0.25, 0.3) is 0 Å². The van der Waals surface area contributed by atoms with E-state index in [1.165, 1.54) is 22.6 Å². The topological polar surface area (TPSA) is 46.6 Å². The second-order valence-electron chi connectivity index (χ2n) is 9.09. The highest BCUT2D eigenvalue weighted by molar-refractivity contribution is 5.95. The quantitative estimate of drug-likeness (QED) is 0.436. The standard InChI is InChI=1S/C27H30FNO3/c1-6-15-32-26(31)25-18(2)29(17-20-9-7-8-10-23(20)28)24(30)16-22(25)19-11-13-21(14-12-19)27(3,4)5/h6-14,22H,1,15-17H2,2-5H3. The van der Waals surface area contributed by atoms with Gasteiger partial charge in [0.1, 0.15) is 12.4 Å². The molecule has 5 heteroatoms. The molecule has 32 heavy (non-hydrogen) atoms. The largest absolute Gasteiger partial charge is 0.458 e. The molecule has 0 fully saturated rings. The molecule has 0 aliphatic carbocycles. The van der Waals surface area contributed by atoms with Crippen molar-refractivity contribution in [2.75, 3.05) is 6.61 Å². The van der Waals surface area contributed by atoms with Gasteiger partial charge in [-0.15, -0.1) is 0 Å². The van der Waals surface area contributed by atoms with Gasteiger partial charge in [-0.05, 0) is 29.5 Å². The maximum atomic E-state index is 14.2. The van der Waals surface area contributed by atoms with E-state index in [1.54, 1.807) is 25.1 Å². The van der Waals surface area contributed by atoms with Crippen LogP contribution in [-0.4, -0.2) is 23.4 Å². The first-order valence-electron chi connectivity index (χ1n) is 10.8. The van der Waals surface area contributed by atoms with Crippen LogP contribution in [0.25, 0.3) is 0 Å². The van der Waals surface area contributed by atoms with Gasteiger partial charge in [-0.1, -0.05) is 75.9 Å². The molecule has 0 N–H and O–H groups in total. The minimum atomic E-state index is -0.488. The predicted molar refractivity (Wildman–Crippen MR) is 123 cm³/mol. The molecule has 1 unspecified atom stereocenters. The van der Waals surface area contributed by atoms with E-state index in [0.717, 1.165) is 5.56 Å². The molecule has 1 aliphatic rings. The average Bonchev–Trinajstić information content (AvgIpc) is 2.75. The third kappa shape index (κ3) is 4.98. The van der Waals surface area contributed by atoms with Gasteiger partial charge >= 0.3 is 5.97 Å². The van der Waals surface area contributed by atoms with Crippen molar-refractivity contribution >= 4 is 11.9 Å². The Kier molecular flexibility index (Phi) is 6.97. The minimum Gasteiger partial charge on any atom is -0.458 e. The van der Waals surface area contributed by atoms with Crippen LogP contribution in [0.4, 0.5) is 4.39 Å². The second-order valence-corrected chi connectivity index (χ2v) is 9.09. The SMILES string of the molecule is C=CCOC(=O)C1=C(C)N(Cc2ccccc2F)C(=O)CC1c1ccc(C(C)(C)C)cc1. The van der Waals surface area contributed by atoms with Crippen molar-refractivity contribution in [1.29, 1.82) is 0 Å². The fourth-order valence-corrected chi connectivity index (χ4v) is 3.98. The molecule has 1 aliphatic heterocycles. The van der Waals surface area contributed by atoms with E-state index in [9.17, 15) is 14.0 Å². The van der Waals surface area contributed by atoms with E-state index in [1.807, 2.05) is 24.3 Å². The van der Waals surface area contributed by atoms with Crippen molar-refractivity contribution in [2.24, 2.45) is 0 Å². The Labute approximate surface area is 189 Å². The molecule has 0 radical (unpaired) electrons. The molecule has 1 atom stereocenters. The van der Waals surface area contributed by atoms with E-state index in [0.29, 0.717) is 16.8 Å². The number of carbonyl (C=O) groups excluding carboxylic acids is 2. The Balaban J connectivity index is 2.03. The summed E-state index contributed by atoms with van der Waals surface area (Å²) in [5.74, 6) is -1.45. The first-order chi connectivity index (χ1) is 15.1. The van der Waals surface area contributed by atoms with Crippen LogP contribution in [0.15, 0.2) is 72.5 Å². The highest BCUT2D eigenvalue weighted by atomic mass is 19.1. The van der Waals surface area contributed by atoms with Gasteiger partial charge in [-0.3, -0.25) is 4.79 Å². The molecule has 1 heterocycles. The molecule has 0 saturated carbocycles. The van der Waals surface area contributed by atoms with E-state index >= 15 is 0 Å². The fraction of sp³-hybridized carbons (Fsp3) is 0.333. The normalized spacial score (nSPS) is 16.8. The van der Waals surface area contributed by atoms with Crippen molar-refractivity contribution in [1.82, 2.24) is 4.90 Å². The summed E-state index contributed by atoms with van der Waals surface area (Å²) in [5.41, 5.74) is 3.35. The van der Waals surface area contributed by atoms with Gasteiger partial charge in [-0.25, -0.2) is 9.18 Å². The summed E-state index contributed by atoms with van der Waals surface area (Å²) in [4.78, 5) is 27.6. The Morgan fingerprint density at radius 3 is 2.44 bits per heavy atom. The van der Waals surface area contributed by atoms with Gasteiger partial charge in [-0.2, -0.15) is 0 Å². The lowest BCUT2D eigenvalue weighted by Crippen LogP contribution is -2.38. The van der Waals surface area contributed by atoms with Gasteiger partial charge in [0.2, 0.25) is 5.91 Å². The number of allylic oxidation sites excluding steroid dienone is 1. The molecule has 3 rings (SSSR count). The summed E-state index contributed by atoms with van der Waals surface area (Å²) in [6.45, 7) is 11.9. The number of amides is 1. The van der Waals surface area contributed by atoms with Crippen LogP contribution in [0.5, 0.6) is 0 Å². The monoisotopic (exact) mass is 435 g/mol. The zero-order chi connectivity index (χ0) is 23.5. The number of nitrogens with zero attached hydrogens (tertiary/aromatic N) is 1. The lowest BCUT2D eigenvalue weighted by molar-refractivity contribution is -0.139. The molecule has 0 bridgehead atoms. The third-order valence-electron chi connectivity index (χ3n) is 5.84. The lowest BCUT2D eigenvalue weighted by Gasteiger charge is -2.34. The van der Waals surface area contributed by atoms with Crippen molar-refractivity contribution < 1.29 is 18.7 Å². The average molecular weight is 436 g/mol. The zero-order valence-corrected chi connectivity index (χ0v) is 19.2. The highest BCUT2D eigenvalue weighted by Gasteiger charge is 2.37. The van der Waals surface area contributed by atoms with E-state index in [2.05, 4.69) is 27.4 Å². The van der Waals surface area contributed by atoms with Gasteiger partial charge in [0.15, 0.2) is 0 Å². The fourth-order valence-electron chi connectivity index (χ4n) is 3.98. The second kappa shape index (κ2) is 9.51. The molecule has 2 aromatic carbocycles. The molecular formula is C27H30FNO3. The highest BCUT2D eigenvalue weighted by Crippen LogP contribution is 2.38. The molecule has 0 saturated heterocycles. The number of rotatable bonds is 6. The Morgan fingerprint density at radius 2 is 1.84 bits per heavy atom. The summed E-state index contributed by atoms with van der Waals surface area (Å²) < 4.78 is 19.6. The Bertz CT molecular complexity index is 1050. The maximum absolute atomic E-state index is 14.2. The zero-order valence-electron chi connectivity index (χ0n) is 19.2. The van der Waals surface area contributed by atoms with Crippen molar-refractivity contribution in [3.05, 3.63) is 95.0 Å². The Hall–Kier alpha value is -3.21. The summed E-state index contributed by atoms with van der Waals surface area (Å²) >= 11 is 0. The lowest BCUT2D eigenvalue weighted by atomic mass is 9.81. The van der Waals surface area contributed by atoms with Crippen LogP contribution >= 0.6 is 0 Å². The molecule has 0 spiro atoms. The van der Waals surface area contributed by atoms with Crippen LogP contribution in [0.2, 0.25) is 0 Å². The van der Waals surface area contributed by atoms with Crippen molar-refractivity contribution in [2.45, 2.75) is 52.0 Å². The number of halogens is 1. The molecule has 168 valence electrons. The molecule has 4 nitrogen and oxygen atoms in total. The summed E-state index contributed by atoms with van der Waals surface area (Å²) in [7, 11) is 0. The summed E-state index contributed by atoms with van der Waals surface area (Å²) in [6, 6.07) is 14.4. The van der Waals surface area contributed by atoms with Gasteiger partial charge in [0, 0.05) is 23.6 Å². The third-order valence-corrected chi connectivity index (χ3v) is 5.84. The van der Waals surface area contributed by atoms with Gasteiger partial charge in [0.05, 0.1) is 12.1 Å². The van der Waals surface area contributed by atoms with Crippen LogP contribution in [0.1, 0.15) is 56.7 Å². The van der Waals surface area contributed by atoms with E-state index in [4.69, 9.17) is 4.74 Å². The smallest absolute Gasteiger partial charge is 0.336 e.